The molecule has 1 aliphatic rings. The van der Waals surface area contributed by atoms with Crippen molar-refractivity contribution in [1.29, 1.82) is 0 Å². The molecule has 0 aromatic heterocycles. The van der Waals surface area contributed by atoms with Crippen LogP contribution in [0.15, 0.2) is 12.1 Å². The van der Waals surface area contributed by atoms with E-state index in [1.165, 1.54) is 13.2 Å². The van der Waals surface area contributed by atoms with Gasteiger partial charge < -0.3 is 15.2 Å². The number of benzene rings is 1. The third-order valence-electron chi connectivity index (χ3n) is 2.61. The Labute approximate surface area is 92.1 Å². The van der Waals surface area contributed by atoms with Crippen LogP contribution in [0, 0.1) is 5.82 Å². The van der Waals surface area contributed by atoms with Gasteiger partial charge in [0.2, 0.25) is 0 Å². The predicted octanol–water partition coefficient (Wildman–Crippen LogP) is 1.39. The van der Waals surface area contributed by atoms with E-state index in [0.29, 0.717) is 18.6 Å². The number of rotatable bonds is 1. The maximum Gasteiger partial charge on any atom is 0.340 e. The monoisotopic (exact) mass is 225 g/mol. The summed E-state index contributed by atoms with van der Waals surface area (Å²) in [5.41, 5.74) is 6.28. The molecule has 0 radical (unpaired) electrons. The topological polar surface area (TPSA) is 61.5 Å². The Bertz CT molecular complexity index is 433. The molecule has 2 rings (SSSR count). The van der Waals surface area contributed by atoms with E-state index >= 15 is 0 Å². The molecule has 1 heterocycles. The summed E-state index contributed by atoms with van der Waals surface area (Å²) in [5, 5.41) is 0. The number of carbonyl (C=O) groups excluding carboxylic acids is 1. The van der Waals surface area contributed by atoms with Gasteiger partial charge in [0.15, 0.2) is 11.6 Å². The summed E-state index contributed by atoms with van der Waals surface area (Å²) in [7, 11) is 1.20. The molecule has 16 heavy (non-hydrogen) atoms. The first-order valence-corrected chi connectivity index (χ1v) is 4.94. The number of hydrogen-bond donors (Lipinski definition) is 1. The van der Waals surface area contributed by atoms with Crippen molar-refractivity contribution in [2.75, 3.05) is 13.7 Å². The van der Waals surface area contributed by atoms with Gasteiger partial charge in [-0.25, -0.2) is 9.18 Å². The van der Waals surface area contributed by atoms with Gasteiger partial charge >= 0.3 is 5.97 Å². The first kappa shape index (κ1) is 10.9. The second-order valence-electron chi connectivity index (χ2n) is 3.58. The molecule has 0 aliphatic carbocycles. The van der Waals surface area contributed by atoms with Crippen LogP contribution in [0.2, 0.25) is 0 Å². The van der Waals surface area contributed by atoms with Gasteiger partial charge in [-0.15, -0.1) is 0 Å². The van der Waals surface area contributed by atoms with Gasteiger partial charge in [-0.05, 0) is 6.07 Å². The average molecular weight is 225 g/mol. The number of methoxy groups -OCH3 is 1. The number of halogens is 1. The molecule has 0 amide bonds. The molecule has 1 aromatic rings. The zero-order valence-electron chi connectivity index (χ0n) is 8.83. The number of hydrogen-bond acceptors (Lipinski definition) is 4. The van der Waals surface area contributed by atoms with Gasteiger partial charge in [0.05, 0.1) is 19.3 Å². The average Bonchev–Trinajstić information content (AvgIpc) is 2.30. The van der Waals surface area contributed by atoms with Crippen molar-refractivity contribution < 1.29 is 18.7 Å². The fourth-order valence-corrected chi connectivity index (χ4v) is 1.72. The van der Waals surface area contributed by atoms with Crippen molar-refractivity contribution in [2.45, 2.75) is 12.5 Å². The molecule has 0 bridgehead atoms. The molecule has 86 valence electrons. The maximum atomic E-state index is 13.9. The van der Waals surface area contributed by atoms with Crippen LogP contribution in [0.5, 0.6) is 5.75 Å². The highest BCUT2D eigenvalue weighted by Gasteiger charge is 2.25. The Morgan fingerprint density at radius 2 is 2.38 bits per heavy atom. The summed E-state index contributed by atoms with van der Waals surface area (Å²) in [6.45, 7) is 0.357. The normalized spacial score (nSPS) is 18.6. The number of nitrogens with two attached hydrogens (primary N) is 1. The highest BCUT2D eigenvalue weighted by atomic mass is 19.1. The Hall–Kier alpha value is -1.62. The van der Waals surface area contributed by atoms with Crippen LogP contribution in [0.1, 0.15) is 28.4 Å². The molecule has 0 spiro atoms. The van der Waals surface area contributed by atoms with Crippen LogP contribution in [0.3, 0.4) is 0 Å². The summed E-state index contributed by atoms with van der Waals surface area (Å²) in [5.74, 6) is -1.34. The second kappa shape index (κ2) is 4.09. The quantitative estimate of drug-likeness (QED) is 0.734. The number of esters is 1. The molecule has 0 saturated heterocycles. The van der Waals surface area contributed by atoms with Gasteiger partial charge in [-0.2, -0.15) is 0 Å². The zero-order chi connectivity index (χ0) is 11.7. The fourth-order valence-electron chi connectivity index (χ4n) is 1.72. The lowest BCUT2D eigenvalue weighted by Gasteiger charge is -2.23. The number of carbonyl (C=O) groups is 1. The summed E-state index contributed by atoms with van der Waals surface area (Å²) in [6, 6.07) is 2.73. The van der Waals surface area contributed by atoms with E-state index in [-0.39, 0.29) is 17.4 Å². The Kier molecular flexibility index (Phi) is 2.78. The Morgan fingerprint density at radius 1 is 1.62 bits per heavy atom. The van der Waals surface area contributed by atoms with E-state index in [1.807, 2.05) is 0 Å². The molecular weight excluding hydrogens is 213 g/mol. The van der Waals surface area contributed by atoms with Crippen molar-refractivity contribution in [2.24, 2.45) is 5.73 Å². The number of fused-ring (bicyclic) bond motifs is 1. The highest BCUT2D eigenvalue weighted by Crippen LogP contribution is 2.34. The van der Waals surface area contributed by atoms with Crippen LogP contribution in [-0.4, -0.2) is 19.7 Å². The van der Waals surface area contributed by atoms with Gasteiger partial charge in [0.1, 0.15) is 0 Å². The SMILES string of the molecule is COC(=O)c1ccc2c(c1F)OCCC2N. The largest absolute Gasteiger partial charge is 0.490 e. The zero-order valence-corrected chi connectivity index (χ0v) is 8.83. The van der Waals surface area contributed by atoms with Gasteiger partial charge in [0.25, 0.3) is 0 Å². The minimum Gasteiger partial charge on any atom is -0.490 e. The lowest BCUT2D eigenvalue weighted by molar-refractivity contribution is 0.0594. The van der Waals surface area contributed by atoms with Crippen molar-refractivity contribution in [1.82, 2.24) is 0 Å². The van der Waals surface area contributed by atoms with Crippen LogP contribution in [0.4, 0.5) is 4.39 Å². The van der Waals surface area contributed by atoms with Crippen molar-refractivity contribution >= 4 is 5.97 Å². The van der Waals surface area contributed by atoms with Crippen LogP contribution >= 0.6 is 0 Å². The van der Waals surface area contributed by atoms with Gasteiger partial charge in [-0.3, -0.25) is 0 Å². The van der Waals surface area contributed by atoms with E-state index in [9.17, 15) is 9.18 Å². The lowest BCUT2D eigenvalue weighted by atomic mass is 9.99. The highest BCUT2D eigenvalue weighted by molar-refractivity contribution is 5.90. The molecule has 1 unspecified atom stereocenters. The van der Waals surface area contributed by atoms with Crippen molar-refractivity contribution in [3.63, 3.8) is 0 Å². The molecule has 1 aliphatic heterocycles. The van der Waals surface area contributed by atoms with Crippen LogP contribution < -0.4 is 10.5 Å². The second-order valence-corrected chi connectivity index (χ2v) is 3.58. The summed E-state index contributed by atoms with van der Waals surface area (Å²) in [4.78, 5) is 11.3. The van der Waals surface area contributed by atoms with E-state index in [0.717, 1.165) is 0 Å². The molecule has 4 nitrogen and oxygen atoms in total. The molecular formula is C11H12FNO3. The summed E-state index contributed by atoms with van der Waals surface area (Å²) >= 11 is 0. The summed E-state index contributed by atoms with van der Waals surface area (Å²) < 4.78 is 23.6. The maximum absolute atomic E-state index is 13.9. The Morgan fingerprint density at radius 3 is 3.06 bits per heavy atom. The van der Waals surface area contributed by atoms with E-state index in [4.69, 9.17) is 10.5 Å². The van der Waals surface area contributed by atoms with Crippen molar-refractivity contribution in [3.8, 4) is 5.75 Å². The minimum absolute atomic E-state index is 0.0710. The molecule has 5 heteroatoms. The minimum atomic E-state index is -0.719. The van der Waals surface area contributed by atoms with E-state index in [1.54, 1.807) is 6.07 Å². The standard InChI is InChI=1S/C11H12FNO3/c1-15-11(14)7-3-2-6-8(13)4-5-16-10(6)9(7)12/h2-3,8H,4-5,13H2,1H3. The smallest absolute Gasteiger partial charge is 0.340 e. The molecule has 2 N–H and O–H groups in total. The first-order valence-electron chi connectivity index (χ1n) is 4.94. The van der Waals surface area contributed by atoms with Crippen LogP contribution in [-0.2, 0) is 4.74 Å². The lowest BCUT2D eigenvalue weighted by Crippen LogP contribution is -2.22. The number of ether oxygens (including phenoxy) is 2. The molecule has 1 aromatic carbocycles. The van der Waals surface area contributed by atoms with Crippen molar-refractivity contribution in [3.05, 3.63) is 29.1 Å². The molecule has 0 saturated carbocycles. The molecule has 1 atom stereocenters. The molecule has 0 fully saturated rings. The predicted molar refractivity (Wildman–Crippen MR) is 54.8 cm³/mol. The third kappa shape index (κ3) is 1.63. The first-order chi connectivity index (χ1) is 7.65. The summed E-state index contributed by atoms with van der Waals surface area (Å²) in [6.07, 6.45) is 0.643. The van der Waals surface area contributed by atoms with Gasteiger partial charge in [-0.1, -0.05) is 6.07 Å². The van der Waals surface area contributed by atoms with Gasteiger partial charge in [0, 0.05) is 18.0 Å². The van der Waals surface area contributed by atoms with Crippen LogP contribution in [0.25, 0.3) is 0 Å². The fraction of sp³-hybridized carbons (Fsp3) is 0.364. The Balaban J connectivity index is 2.51. The van der Waals surface area contributed by atoms with E-state index < -0.39 is 11.8 Å². The van der Waals surface area contributed by atoms with E-state index in [2.05, 4.69) is 4.74 Å². The third-order valence-corrected chi connectivity index (χ3v) is 2.61.